The van der Waals surface area contributed by atoms with Gasteiger partial charge in [0.05, 0.1) is 40.0 Å². The molecule has 0 radical (unpaired) electrons. The monoisotopic (exact) mass is 527 g/mol. The molecule has 0 fully saturated rings. The smallest absolute Gasteiger partial charge is 0.407 e. The van der Waals surface area contributed by atoms with Crippen molar-refractivity contribution in [3.05, 3.63) is 62.3 Å². The van der Waals surface area contributed by atoms with Crippen molar-refractivity contribution in [2.24, 2.45) is 0 Å². The van der Waals surface area contributed by atoms with Gasteiger partial charge in [0.15, 0.2) is 0 Å². The number of ether oxygens (including phenoxy) is 2. The van der Waals surface area contributed by atoms with Crippen LogP contribution in [0.15, 0.2) is 36.5 Å². The number of carbonyl (C=O) groups is 1. The summed E-state index contributed by atoms with van der Waals surface area (Å²) in [6, 6.07) is 8.83. The SMILES string of the molecule is COc1nc(-c2cccc(-c3ccnc(Cl)c3Cl)c2Cl)cc(Cl)c1CNC(=O)OC(C)(C)C. The molecule has 1 N–H and O–H groups in total. The number of nitrogens with zero attached hydrogens (tertiary/aromatic N) is 2. The summed E-state index contributed by atoms with van der Waals surface area (Å²) >= 11 is 25.7. The Bertz CT molecular complexity index is 1200. The quantitative estimate of drug-likeness (QED) is 0.348. The van der Waals surface area contributed by atoms with E-state index in [-0.39, 0.29) is 17.6 Å². The van der Waals surface area contributed by atoms with Gasteiger partial charge in [0, 0.05) is 22.9 Å². The molecule has 2 heterocycles. The number of carbonyl (C=O) groups excluding carboxylic acids is 1. The van der Waals surface area contributed by atoms with Crippen LogP contribution < -0.4 is 10.1 Å². The lowest BCUT2D eigenvalue weighted by Crippen LogP contribution is -2.32. The molecule has 1 amide bonds. The Hall–Kier alpha value is -2.25. The van der Waals surface area contributed by atoms with E-state index >= 15 is 0 Å². The Labute approximate surface area is 212 Å². The first-order valence-electron chi connectivity index (χ1n) is 9.81. The highest BCUT2D eigenvalue weighted by atomic mass is 35.5. The third kappa shape index (κ3) is 6.01. The number of aromatic nitrogens is 2. The Kier molecular flexibility index (Phi) is 7.96. The van der Waals surface area contributed by atoms with Crippen molar-refractivity contribution < 1.29 is 14.3 Å². The van der Waals surface area contributed by atoms with Crippen molar-refractivity contribution in [2.45, 2.75) is 32.9 Å². The molecule has 6 nitrogen and oxygen atoms in total. The van der Waals surface area contributed by atoms with Gasteiger partial charge in [-0.25, -0.2) is 14.8 Å². The number of rotatable bonds is 5. The molecular weight excluding hydrogens is 508 g/mol. The molecular formula is C23H21Cl4N3O3. The summed E-state index contributed by atoms with van der Waals surface area (Å²) in [4.78, 5) is 20.5. The molecule has 3 aromatic rings. The van der Waals surface area contributed by atoms with Crippen molar-refractivity contribution in [3.8, 4) is 28.3 Å². The molecule has 3 rings (SSSR count). The number of methoxy groups -OCH3 is 1. The number of benzene rings is 1. The van der Waals surface area contributed by atoms with E-state index in [1.54, 1.807) is 45.2 Å². The Morgan fingerprint density at radius 2 is 1.70 bits per heavy atom. The molecule has 0 aliphatic rings. The Balaban J connectivity index is 1.97. The first-order chi connectivity index (χ1) is 15.5. The Morgan fingerprint density at radius 3 is 2.36 bits per heavy atom. The van der Waals surface area contributed by atoms with Crippen molar-refractivity contribution in [1.29, 1.82) is 0 Å². The maximum absolute atomic E-state index is 12.0. The molecule has 0 unspecified atom stereocenters. The zero-order valence-electron chi connectivity index (χ0n) is 18.3. The summed E-state index contributed by atoms with van der Waals surface area (Å²) in [5, 5.41) is 3.89. The standard InChI is InChI=1S/C23H21Cl4N3O3/c1-23(2,3)33-22(31)29-11-15-16(24)10-17(30-21(15)32-4)14-7-5-6-12(18(14)25)13-8-9-28-20(27)19(13)26/h5-10H,11H2,1-4H3,(H,29,31). The molecule has 0 saturated carbocycles. The lowest BCUT2D eigenvalue weighted by atomic mass is 10.0. The summed E-state index contributed by atoms with van der Waals surface area (Å²) in [6.45, 7) is 5.41. The van der Waals surface area contributed by atoms with E-state index in [1.807, 2.05) is 12.1 Å². The van der Waals surface area contributed by atoms with Crippen molar-refractivity contribution >= 4 is 52.5 Å². The Morgan fingerprint density at radius 1 is 1.03 bits per heavy atom. The number of pyridine rings is 2. The van der Waals surface area contributed by atoms with Crippen LogP contribution in [-0.2, 0) is 11.3 Å². The highest BCUT2D eigenvalue weighted by molar-refractivity contribution is 6.44. The fourth-order valence-corrected chi connectivity index (χ4v) is 3.97. The molecule has 10 heteroatoms. The van der Waals surface area contributed by atoms with Crippen LogP contribution in [0.3, 0.4) is 0 Å². The van der Waals surface area contributed by atoms with E-state index in [1.165, 1.54) is 7.11 Å². The lowest BCUT2D eigenvalue weighted by molar-refractivity contribution is 0.0523. The number of halogens is 4. The van der Waals surface area contributed by atoms with Crippen LogP contribution >= 0.6 is 46.4 Å². The van der Waals surface area contributed by atoms with Gasteiger partial charge < -0.3 is 14.8 Å². The second-order valence-corrected chi connectivity index (χ2v) is 9.48. The third-order valence-electron chi connectivity index (χ3n) is 4.45. The second kappa shape index (κ2) is 10.3. The van der Waals surface area contributed by atoms with E-state index in [4.69, 9.17) is 55.9 Å². The topological polar surface area (TPSA) is 73.3 Å². The summed E-state index contributed by atoms with van der Waals surface area (Å²) in [5.41, 5.74) is 2.29. The van der Waals surface area contributed by atoms with E-state index in [9.17, 15) is 4.79 Å². The van der Waals surface area contributed by atoms with Crippen LogP contribution in [0.4, 0.5) is 4.79 Å². The molecule has 0 saturated heterocycles. The molecule has 0 aliphatic heterocycles. The molecule has 0 atom stereocenters. The third-order valence-corrected chi connectivity index (χ3v) is 5.96. The van der Waals surface area contributed by atoms with Crippen LogP contribution in [0.25, 0.3) is 22.4 Å². The highest BCUT2D eigenvalue weighted by Crippen LogP contribution is 2.41. The molecule has 0 bridgehead atoms. The maximum atomic E-state index is 12.0. The number of nitrogens with one attached hydrogen (secondary N) is 1. The molecule has 33 heavy (non-hydrogen) atoms. The predicted octanol–water partition coefficient (Wildman–Crippen LogP) is 7.46. The summed E-state index contributed by atoms with van der Waals surface area (Å²) in [6.07, 6.45) is 0.977. The average molecular weight is 529 g/mol. The normalized spacial score (nSPS) is 11.3. The maximum Gasteiger partial charge on any atom is 0.407 e. The van der Waals surface area contributed by atoms with E-state index in [0.29, 0.717) is 43.0 Å². The van der Waals surface area contributed by atoms with Crippen molar-refractivity contribution in [3.63, 3.8) is 0 Å². The average Bonchev–Trinajstić information content (AvgIpc) is 2.73. The number of hydrogen-bond acceptors (Lipinski definition) is 5. The van der Waals surface area contributed by atoms with Gasteiger partial charge in [-0.3, -0.25) is 0 Å². The van der Waals surface area contributed by atoms with Crippen LogP contribution in [0.1, 0.15) is 26.3 Å². The summed E-state index contributed by atoms with van der Waals surface area (Å²) in [5.74, 6) is 0.250. The minimum atomic E-state index is -0.621. The van der Waals surface area contributed by atoms with Gasteiger partial charge in [0.25, 0.3) is 0 Å². The van der Waals surface area contributed by atoms with Gasteiger partial charge in [0.2, 0.25) is 5.88 Å². The number of alkyl carbamates (subject to hydrolysis) is 1. The molecule has 2 aromatic heterocycles. The minimum Gasteiger partial charge on any atom is -0.481 e. The van der Waals surface area contributed by atoms with Gasteiger partial charge in [-0.15, -0.1) is 0 Å². The predicted molar refractivity (Wildman–Crippen MR) is 133 cm³/mol. The first-order valence-corrected chi connectivity index (χ1v) is 11.3. The van der Waals surface area contributed by atoms with E-state index in [0.717, 1.165) is 0 Å². The van der Waals surface area contributed by atoms with E-state index in [2.05, 4.69) is 15.3 Å². The minimum absolute atomic E-state index is 0.0725. The van der Waals surface area contributed by atoms with Gasteiger partial charge in [-0.1, -0.05) is 64.6 Å². The van der Waals surface area contributed by atoms with Gasteiger partial charge >= 0.3 is 6.09 Å². The van der Waals surface area contributed by atoms with Crippen molar-refractivity contribution in [1.82, 2.24) is 15.3 Å². The molecule has 0 aliphatic carbocycles. The lowest BCUT2D eigenvalue weighted by Gasteiger charge is -2.20. The van der Waals surface area contributed by atoms with Crippen LogP contribution in [0.2, 0.25) is 20.2 Å². The van der Waals surface area contributed by atoms with Gasteiger partial charge in [-0.05, 0) is 32.9 Å². The first kappa shape index (κ1) is 25.4. The highest BCUT2D eigenvalue weighted by Gasteiger charge is 2.20. The second-order valence-electron chi connectivity index (χ2n) is 7.96. The fraction of sp³-hybridized carbons (Fsp3) is 0.261. The molecule has 174 valence electrons. The van der Waals surface area contributed by atoms with E-state index < -0.39 is 11.7 Å². The summed E-state index contributed by atoms with van der Waals surface area (Å²) in [7, 11) is 1.47. The van der Waals surface area contributed by atoms with Crippen LogP contribution in [0, 0.1) is 0 Å². The number of hydrogen-bond donors (Lipinski definition) is 1. The number of amides is 1. The fourth-order valence-electron chi connectivity index (χ4n) is 3.02. The largest absolute Gasteiger partial charge is 0.481 e. The van der Waals surface area contributed by atoms with Crippen LogP contribution in [0.5, 0.6) is 5.88 Å². The van der Waals surface area contributed by atoms with Crippen LogP contribution in [-0.4, -0.2) is 28.8 Å². The zero-order valence-corrected chi connectivity index (χ0v) is 21.3. The van der Waals surface area contributed by atoms with Gasteiger partial charge in [0.1, 0.15) is 10.8 Å². The van der Waals surface area contributed by atoms with Gasteiger partial charge in [-0.2, -0.15) is 0 Å². The molecule has 1 aromatic carbocycles. The summed E-state index contributed by atoms with van der Waals surface area (Å²) < 4.78 is 10.7. The zero-order chi connectivity index (χ0) is 24.3. The molecule has 0 spiro atoms. The van der Waals surface area contributed by atoms with Crippen molar-refractivity contribution in [2.75, 3.05) is 7.11 Å².